The Morgan fingerprint density at radius 1 is 0.412 bits per heavy atom. The average Bonchev–Trinajstić information content (AvgIpc) is 2.91. The fourth-order valence-electron chi connectivity index (χ4n) is 4.94. The van der Waals surface area contributed by atoms with Gasteiger partial charge in [-0.3, -0.25) is 0 Å². The third-order valence-corrected chi connectivity index (χ3v) is 8.58. The molecule has 0 spiro atoms. The number of rotatable bonds is 4. The van der Waals surface area contributed by atoms with Gasteiger partial charge in [0.2, 0.25) is 0 Å². The molecule has 6 rings (SSSR count). The van der Waals surface area contributed by atoms with Crippen molar-refractivity contribution in [1.82, 2.24) is 0 Å². The first kappa shape index (κ1) is 21.1. The highest BCUT2D eigenvalue weighted by Crippen LogP contribution is 2.37. The summed E-state index contributed by atoms with van der Waals surface area (Å²) < 4.78 is 0. The van der Waals surface area contributed by atoms with Crippen LogP contribution in [0, 0.1) is 0 Å². The first-order valence-corrected chi connectivity index (χ1v) is 14.7. The maximum Gasteiger partial charge on any atom is 0.0773 e. The molecule has 0 saturated carbocycles. The minimum absolute atomic E-state index is 0.828. The predicted molar refractivity (Wildman–Crippen MR) is 152 cm³/mol. The van der Waals surface area contributed by atoms with E-state index in [0.717, 1.165) is 19.0 Å². The van der Waals surface area contributed by atoms with Gasteiger partial charge >= 0.3 is 0 Å². The van der Waals surface area contributed by atoms with Gasteiger partial charge < -0.3 is 0 Å². The van der Waals surface area contributed by atoms with E-state index in [0.29, 0.717) is 0 Å². The maximum atomic E-state index is 2.33. The Morgan fingerprint density at radius 3 is 1.26 bits per heavy atom. The quantitative estimate of drug-likeness (QED) is 0.241. The van der Waals surface area contributed by atoms with E-state index in [4.69, 9.17) is 0 Å². The molecule has 0 nitrogen and oxygen atoms in total. The molecular weight excluding hydrogens is 441 g/mol. The van der Waals surface area contributed by atoms with Crippen LogP contribution in [0.3, 0.4) is 0 Å². The molecule has 0 aliphatic heterocycles. The molecule has 0 N–H and O–H groups in total. The first-order chi connectivity index (χ1) is 16.7. The molecule has 0 aliphatic carbocycles. The zero-order chi connectivity index (χ0) is 23.1. The standard InChI is InChI=1S/C32H24Si2/c1-33-27-13-11-21-17-25(9-7-23(21)19-27)29-15-16-30(32-6-4-3-5-31(29)32)26-10-8-24-20-28(34-2)14-12-22(24)18-26/h3-20H,1-2H3. The Morgan fingerprint density at radius 2 is 0.824 bits per heavy atom. The summed E-state index contributed by atoms with van der Waals surface area (Å²) >= 11 is 0. The number of hydrogen-bond donors (Lipinski definition) is 0. The lowest BCUT2D eigenvalue weighted by molar-refractivity contribution is 1.66. The Labute approximate surface area is 205 Å². The molecule has 0 aliphatic rings. The molecule has 6 aromatic rings. The van der Waals surface area contributed by atoms with Crippen LogP contribution in [0.1, 0.15) is 0 Å². The van der Waals surface area contributed by atoms with Gasteiger partial charge in [-0.25, -0.2) is 0 Å². The SMILES string of the molecule is C[Si]c1ccc2cc(-c3ccc(-c4ccc5cc([Si]C)ccc5c4)c4ccccc34)ccc2c1. The highest BCUT2D eigenvalue weighted by Gasteiger charge is 2.11. The minimum atomic E-state index is 0.828. The number of hydrogen-bond acceptors (Lipinski definition) is 0. The molecule has 0 unspecified atom stereocenters. The van der Waals surface area contributed by atoms with Crippen molar-refractivity contribution >= 4 is 61.7 Å². The summed E-state index contributed by atoms with van der Waals surface area (Å²) in [5, 5.41) is 10.7. The van der Waals surface area contributed by atoms with E-state index in [-0.39, 0.29) is 0 Å². The molecule has 0 atom stereocenters. The molecule has 34 heavy (non-hydrogen) atoms. The molecule has 2 heteroatoms. The van der Waals surface area contributed by atoms with Gasteiger partial charge in [0, 0.05) is 0 Å². The van der Waals surface area contributed by atoms with Crippen LogP contribution in [0.2, 0.25) is 13.1 Å². The molecule has 0 heterocycles. The van der Waals surface area contributed by atoms with Gasteiger partial charge in [0.1, 0.15) is 0 Å². The van der Waals surface area contributed by atoms with E-state index >= 15 is 0 Å². The highest BCUT2D eigenvalue weighted by molar-refractivity contribution is 6.52. The molecule has 0 saturated heterocycles. The van der Waals surface area contributed by atoms with Gasteiger partial charge in [0.25, 0.3) is 0 Å². The van der Waals surface area contributed by atoms with Crippen molar-refractivity contribution in [3.8, 4) is 22.3 Å². The summed E-state index contributed by atoms with van der Waals surface area (Å²) in [5.41, 5.74) is 5.12. The molecule has 4 radical (unpaired) electrons. The van der Waals surface area contributed by atoms with Crippen LogP contribution in [-0.4, -0.2) is 19.0 Å². The van der Waals surface area contributed by atoms with Gasteiger partial charge in [-0.05, 0) is 66.7 Å². The topological polar surface area (TPSA) is 0 Å². The van der Waals surface area contributed by atoms with Crippen molar-refractivity contribution in [3.05, 3.63) is 109 Å². The molecule has 0 amide bonds. The highest BCUT2D eigenvalue weighted by atomic mass is 28.2. The number of fused-ring (bicyclic) bond motifs is 3. The van der Waals surface area contributed by atoms with Crippen LogP contribution >= 0.6 is 0 Å². The normalized spacial score (nSPS) is 11.5. The van der Waals surface area contributed by atoms with E-state index in [1.807, 2.05) is 0 Å². The molecule has 0 aromatic heterocycles. The predicted octanol–water partition coefficient (Wildman–Crippen LogP) is 7.24. The summed E-state index contributed by atoms with van der Waals surface area (Å²) in [5.74, 6) is 0. The van der Waals surface area contributed by atoms with Crippen molar-refractivity contribution in [2.75, 3.05) is 0 Å². The van der Waals surface area contributed by atoms with Gasteiger partial charge in [-0.2, -0.15) is 0 Å². The van der Waals surface area contributed by atoms with E-state index in [1.165, 1.54) is 64.9 Å². The van der Waals surface area contributed by atoms with Crippen LogP contribution in [0.15, 0.2) is 109 Å². The zero-order valence-corrected chi connectivity index (χ0v) is 21.4. The lowest BCUT2D eigenvalue weighted by atomic mass is 9.91. The van der Waals surface area contributed by atoms with Crippen molar-refractivity contribution < 1.29 is 0 Å². The largest absolute Gasteiger partial charge is 0.0773 e. The second-order valence-corrected chi connectivity index (χ2v) is 10.9. The Kier molecular flexibility index (Phi) is 5.41. The van der Waals surface area contributed by atoms with Gasteiger partial charge in [-0.1, -0.05) is 121 Å². The van der Waals surface area contributed by atoms with Crippen LogP contribution < -0.4 is 10.4 Å². The average molecular weight is 465 g/mol. The Balaban J connectivity index is 1.49. The Bertz CT molecular complexity index is 1550. The van der Waals surface area contributed by atoms with Crippen LogP contribution in [0.5, 0.6) is 0 Å². The smallest absolute Gasteiger partial charge is 0.0688 e. The van der Waals surface area contributed by atoms with Crippen molar-refractivity contribution in [2.45, 2.75) is 13.1 Å². The van der Waals surface area contributed by atoms with Crippen LogP contribution in [0.4, 0.5) is 0 Å². The van der Waals surface area contributed by atoms with Crippen LogP contribution in [0.25, 0.3) is 54.6 Å². The summed E-state index contributed by atoms with van der Waals surface area (Å²) in [6.45, 7) is 4.48. The van der Waals surface area contributed by atoms with Gasteiger partial charge in [0.15, 0.2) is 0 Å². The second kappa shape index (κ2) is 8.71. The minimum Gasteiger partial charge on any atom is -0.0688 e. The fraction of sp³-hybridized carbons (Fsp3) is 0.0625. The van der Waals surface area contributed by atoms with Crippen molar-refractivity contribution in [2.24, 2.45) is 0 Å². The van der Waals surface area contributed by atoms with E-state index in [1.54, 1.807) is 0 Å². The maximum absolute atomic E-state index is 2.33. The van der Waals surface area contributed by atoms with Gasteiger partial charge in [-0.15, -0.1) is 0 Å². The van der Waals surface area contributed by atoms with Crippen molar-refractivity contribution in [3.63, 3.8) is 0 Å². The summed E-state index contributed by atoms with van der Waals surface area (Å²) in [4.78, 5) is 0. The fourth-order valence-corrected chi connectivity index (χ4v) is 6.04. The second-order valence-electron chi connectivity index (χ2n) is 8.76. The molecular formula is C32H24Si2. The van der Waals surface area contributed by atoms with E-state index < -0.39 is 0 Å². The summed E-state index contributed by atoms with van der Waals surface area (Å²) in [6, 6.07) is 40.9. The summed E-state index contributed by atoms with van der Waals surface area (Å²) in [6.07, 6.45) is 0. The first-order valence-electron chi connectivity index (χ1n) is 11.7. The van der Waals surface area contributed by atoms with Crippen molar-refractivity contribution in [1.29, 1.82) is 0 Å². The molecule has 0 bridgehead atoms. The lowest BCUT2D eigenvalue weighted by Crippen LogP contribution is -2.08. The van der Waals surface area contributed by atoms with E-state index in [2.05, 4.69) is 122 Å². The molecule has 6 aromatic carbocycles. The zero-order valence-electron chi connectivity index (χ0n) is 19.4. The third-order valence-electron chi connectivity index (χ3n) is 6.80. The van der Waals surface area contributed by atoms with Crippen LogP contribution in [-0.2, 0) is 0 Å². The molecule has 160 valence electrons. The monoisotopic (exact) mass is 464 g/mol. The Hall–Kier alpha value is -3.47. The number of benzene rings is 6. The van der Waals surface area contributed by atoms with E-state index in [9.17, 15) is 0 Å². The van der Waals surface area contributed by atoms with Gasteiger partial charge in [0.05, 0.1) is 19.0 Å². The molecule has 0 fully saturated rings. The summed E-state index contributed by atoms with van der Waals surface area (Å²) in [7, 11) is 1.66. The lowest BCUT2D eigenvalue weighted by Gasteiger charge is -2.14. The third kappa shape index (κ3) is 3.69.